The molecule has 158 valence electrons. The van der Waals surface area contributed by atoms with E-state index >= 15 is 0 Å². The molecule has 0 saturated heterocycles. The number of pyridine rings is 1. The molecule has 8 nitrogen and oxygen atoms in total. The number of aromatic nitrogens is 6. The van der Waals surface area contributed by atoms with Crippen molar-refractivity contribution in [3.05, 3.63) is 70.7 Å². The Labute approximate surface area is 181 Å². The number of carbonyl (C=O) groups is 1. The average Bonchev–Trinajstić information content (AvgIpc) is 3.40. The van der Waals surface area contributed by atoms with Gasteiger partial charge >= 0.3 is 0 Å². The third-order valence-corrected chi connectivity index (χ3v) is 5.72. The smallest absolute Gasteiger partial charge is 0.211 e. The number of halogens is 1. The molecule has 0 atom stereocenters. The molecule has 3 aromatic heterocycles. The highest BCUT2D eigenvalue weighted by Crippen LogP contribution is 2.27. The zero-order valence-electron chi connectivity index (χ0n) is 16.7. The maximum Gasteiger partial charge on any atom is 0.211 e. The van der Waals surface area contributed by atoms with Crippen molar-refractivity contribution in [1.82, 2.24) is 30.2 Å². The van der Waals surface area contributed by atoms with Gasteiger partial charge in [-0.25, -0.2) is 14.1 Å². The molecular formula is C21H19FN6O2S. The van der Waals surface area contributed by atoms with Crippen molar-refractivity contribution in [3.63, 3.8) is 0 Å². The van der Waals surface area contributed by atoms with Gasteiger partial charge < -0.3 is 4.74 Å². The van der Waals surface area contributed by atoms with Crippen LogP contribution in [0.1, 0.15) is 27.3 Å². The van der Waals surface area contributed by atoms with E-state index in [1.165, 1.54) is 23.5 Å². The first kappa shape index (κ1) is 20.7. The van der Waals surface area contributed by atoms with Crippen molar-refractivity contribution in [3.8, 4) is 16.6 Å². The maximum atomic E-state index is 13.0. The third-order valence-electron chi connectivity index (χ3n) is 4.52. The van der Waals surface area contributed by atoms with Crippen LogP contribution in [0.3, 0.4) is 0 Å². The van der Waals surface area contributed by atoms with Crippen molar-refractivity contribution in [2.45, 2.75) is 26.3 Å². The minimum absolute atomic E-state index is 0.0313. The summed E-state index contributed by atoms with van der Waals surface area (Å²) in [5.41, 5.74) is 1.68. The molecule has 0 fully saturated rings. The normalized spacial score (nSPS) is 10.9. The highest BCUT2D eigenvalue weighted by molar-refractivity contribution is 7.17. The summed E-state index contributed by atoms with van der Waals surface area (Å²) in [5, 5.41) is 12.4. The summed E-state index contributed by atoms with van der Waals surface area (Å²) in [7, 11) is 0. The molecule has 0 N–H and O–H groups in total. The van der Waals surface area contributed by atoms with Crippen LogP contribution in [-0.2, 0) is 13.0 Å². The van der Waals surface area contributed by atoms with Crippen LogP contribution in [0.4, 0.5) is 4.39 Å². The number of aryl methyl sites for hydroxylation is 2. The Balaban J connectivity index is 1.40. The van der Waals surface area contributed by atoms with E-state index in [0.29, 0.717) is 53.1 Å². The van der Waals surface area contributed by atoms with Crippen LogP contribution in [0.2, 0.25) is 0 Å². The molecule has 0 amide bonds. The van der Waals surface area contributed by atoms with Gasteiger partial charge in [0.05, 0.1) is 17.1 Å². The lowest BCUT2D eigenvalue weighted by Crippen LogP contribution is -2.11. The molecular weight excluding hydrogens is 419 g/mol. The molecule has 4 aromatic rings. The first-order valence-corrected chi connectivity index (χ1v) is 10.5. The number of tetrazole rings is 1. The Morgan fingerprint density at radius 1 is 1.23 bits per heavy atom. The number of thiazole rings is 1. The average molecular weight is 438 g/mol. The van der Waals surface area contributed by atoms with Crippen molar-refractivity contribution in [2.75, 3.05) is 6.61 Å². The van der Waals surface area contributed by atoms with E-state index in [1.54, 1.807) is 29.2 Å². The highest BCUT2D eigenvalue weighted by atomic mass is 32.1. The standard InChI is InChI=1S/C21H19FN6O2S/c1-14-19(18(29)9-4-15-3-2-10-23-13-15)31-21(24-14)20-25-26-27-28(20)11-12-30-17-7-5-16(22)6-8-17/h2-3,5-8,10,13H,4,9,11-12H2,1H3. The zero-order chi connectivity index (χ0) is 21.6. The lowest BCUT2D eigenvalue weighted by molar-refractivity contribution is 0.0986. The lowest BCUT2D eigenvalue weighted by atomic mass is 10.1. The molecule has 0 aliphatic rings. The largest absolute Gasteiger partial charge is 0.492 e. The second-order valence-corrected chi connectivity index (χ2v) is 7.75. The minimum atomic E-state index is -0.319. The number of Topliss-reactive ketones (excluding diaryl/α,β-unsaturated/α-hetero) is 1. The Morgan fingerprint density at radius 2 is 2.06 bits per heavy atom. The van der Waals surface area contributed by atoms with Crippen molar-refractivity contribution in [2.24, 2.45) is 0 Å². The van der Waals surface area contributed by atoms with Gasteiger partial charge in [0.1, 0.15) is 18.2 Å². The van der Waals surface area contributed by atoms with Gasteiger partial charge in [0.2, 0.25) is 5.82 Å². The number of hydrogen-bond donors (Lipinski definition) is 0. The van der Waals surface area contributed by atoms with E-state index in [-0.39, 0.29) is 11.6 Å². The van der Waals surface area contributed by atoms with Gasteiger partial charge in [-0.15, -0.1) is 16.4 Å². The zero-order valence-corrected chi connectivity index (χ0v) is 17.5. The summed E-state index contributed by atoms with van der Waals surface area (Å²) < 4.78 is 20.2. The Hall–Kier alpha value is -3.53. The van der Waals surface area contributed by atoms with Crippen molar-refractivity contribution >= 4 is 17.1 Å². The van der Waals surface area contributed by atoms with E-state index in [9.17, 15) is 9.18 Å². The number of nitrogens with zero attached hydrogens (tertiary/aromatic N) is 6. The maximum absolute atomic E-state index is 13.0. The van der Waals surface area contributed by atoms with Crippen LogP contribution < -0.4 is 4.74 Å². The quantitative estimate of drug-likeness (QED) is 0.369. The number of rotatable bonds is 9. The third kappa shape index (κ3) is 5.15. The minimum Gasteiger partial charge on any atom is -0.492 e. The van der Waals surface area contributed by atoms with Gasteiger partial charge in [0.25, 0.3) is 0 Å². The van der Waals surface area contributed by atoms with Gasteiger partial charge in [-0.1, -0.05) is 6.07 Å². The predicted molar refractivity (Wildman–Crippen MR) is 112 cm³/mol. The van der Waals surface area contributed by atoms with E-state index in [2.05, 4.69) is 25.5 Å². The molecule has 0 saturated carbocycles. The molecule has 0 bridgehead atoms. The van der Waals surface area contributed by atoms with Gasteiger partial charge in [-0.2, -0.15) is 0 Å². The Bertz CT molecular complexity index is 1160. The summed E-state index contributed by atoms with van der Waals surface area (Å²) in [4.78, 5) is 21.9. The number of hydrogen-bond acceptors (Lipinski definition) is 8. The molecule has 0 aliphatic heterocycles. The van der Waals surface area contributed by atoms with Crippen LogP contribution in [0.15, 0.2) is 48.8 Å². The van der Waals surface area contributed by atoms with Gasteiger partial charge in [0.15, 0.2) is 10.8 Å². The van der Waals surface area contributed by atoms with E-state index in [0.717, 1.165) is 5.56 Å². The Morgan fingerprint density at radius 3 is 2.84 bits per heavy atom. The van der Waals surface area contributed by atoms with E-state index < -0.39 is 0 Å². The molecule has 0 unspecified atom stereocenters. The molecule has 0 spiro atoms. The van der Waals surface area contributed by atoms with Crippen LogP contribution in [-0.4, -0.2) is 42.6 Å². The van der Waals surface area contributed by atoms with Gasteiger partial charge in [-0.3, -0.25) is 9.78 Å². The van der Waals surface area contributed by atoms with Gasteiger partial charge in [-0.05, 0) is 59.7 Å². The first-order valence-electron chi connectivity index (χ1n) is 9.64. The summed E-state index contributed by atoms with van der Waals surface area (Å²) in [6.45, 7) is 2.48. The predicted octanol–water partition coefficient (Wildman–Crippen LogP) is 3.53. The van der Waals surface area contributed by atoms with E-state index in [4.69, 9.17) is 4.74 Å². The SMILES string of the molecule is Cc1nc(-c2nnnn2CCOc2ccc(F)cc2)sc1C(=O)CCc1cccnc1. The fourth-order valence-corrected chi connectivity index (χ4v) is 3.98. The summed E-state index contributed by atoms with van der Waals surface area (Å²) in [6.07, 6.45) is 4.47. The molecule has 0 radical (unpaired) electrons. The van der Waals surface area contributed by atoms with Crippen molar-refractivity contribution in [1.29, 1.82) is 0 Å². The fourth-order valence-electron chi connectivity index (χ4n) is 2.96. The molecule has 10 heteroatoms. The topological polar surface area (TPSA) is 95.7 Å². The summed E-state index contributed by atoms with van der Waals surface area (Å²) >= 11 is 1.28. The van der Waals surface area contributed by atoms with Crippen molar-refractivity contribution < 1.29 is 13.9 Å². The first-order chi connectivity index (χ1) is 15.1. The van der Waals surface area contributed by atoms with Crippen LogP contribution in [0.25, 0.3) is 10.8 Å². The number of ketones is 1. The molecule has 31 heavy (non-hydrogen) atoms. The molecule has 0 aliphatic carbocycles. The number of carbonyl (C=O) groups excluding carboxylic acids is 1. The second kappa shape index (κ2) is 9.52. The second-order valence-electron chi connectivity index (χ2n) is 6.75. The molecule has 3 heterocycles. The van der Waals surface area contributed by atoms with Gasteiger partial charge in [0, 0.05) is 18.8 Å². The lowest BCUT2D eigenvalue weighted by Gasteiger charge is -2.06. The van der Waals surface area contributed by atoms with Crippen LogP contribution in [0.5, 0.6) is 5.75 Å². The molecule has 1 aromatic carbocycles. The molecule has 4 rings (SSSR count). The Kier molecular flexibility index (Phi) is 6.37. The van der Waals surface area contributed by atoms with Crippen LogP contribution >= 0.6 is 11.3 Å². The van der Waals surface area contributed by atoms with E-state index in [1.807, 2.05) is 19.1 Å². The van der Waals surface area contributed by atoms with Crippen LogP contribution in [0, 0.1) is 12.7 Å². The fraction of sp³-hybridized carbons (Fsp3) is 0.238. The number of ether oxygens (including phenoxy) is 1. The summed E-state index contributed by atoms with van der Waals surface area (Å²) in [6, 6.07) is 9.60. The monoisotopic (exact) mass is 438 g/mol. The highest BCUT2D eigenvalue weighted by Gasteiger charge is 2.20. The summed E-state index contributed by atoms with van der Waals surface area (Å²) in [5.74, 6) is 0.744. The number of benzene rings is 1.